The molecule has 2 amide bonds. The zero-order valence-corrected chi connectivity index (χ0v) is 16.4. The highest BCUT2D eigenvalue weighted by Crippen LogP contribution is 2.20. The molecule has 0 aliphatic rings. The maximum absolute atomic E-state index is 12.1. The number of benzene rings is 2. The Morgan fingerprint density at radius 3 is 2.30 bits per heavy atom. The predicted molar refractivity (Wildman–Crippen MR) is 111 cm³/mol. The number of carbonyl (C=O) groups is 2. The van der Waals surface area contributed by atoms with Crippen LogP contribution in [0.15, 0.2) is 42.5 Å². The maximum Gasteiger partial charge on any atom is 0.234 e. The van der Waals surface area contributed by atoms with E-state index in [0.717, 1.165) is 22.6 Å². The molecule has 2 aromatic rings. The molecule has 2 N–H and O–H groups in total. The first kappa shape index (κ1) is 20.5. The van der Waals surface area contributed by atoms with Crippen LogP contribution in [-0.2, 0) is 9.59 Å². The number of anilines is 2. The second kappa shape index (κ2) is 10.4. The van der Waals surface area contributed by atoms with Crippen LogP contribution in [0.5, 0.6) is 0 Å². The third kappa shape index (κ3) is 6.80. The Labute approximate surface area is 164 Å². The summed E-state index contributed by atoms with van der Waals surface area (Å²) in [6, 6.07) is 14.7. The van der Waals surface area contributed by atoms with Gasteiger partial charge >= 0.3 is 0 Å². The molecule has 0 atom stereocenters. The summed E-state index contributed by atoms with van der Waals surface area (Å²) in [7, 11) is 0. The van der Waals surface area contributed by atoms with Crippen LogP contribution in [0.3, 0.4) is 0 Å². The molecule has 0 saturated carbocycles. The van der Waals surface area contributed by atoms with Crippen molar-refractivity contribution in [2.45, 2.75) is 26.7 Å². The van der Waals surface area contributed by atoms with Crippen LogP contribution in [0.2, 0.25) is 0 Å². The standard InChI is InChI=1S/C21H23N3O2S/c1-15-5-3-6-16(2)21(15)24-19(25)7-4-12-27-14-20(26)23-18-10-8-17(13-22)9-11-18/h3,5-6,8-11H,4,7,12,14H2,1-2H3,(H,23,26)(H,24,25). The third-order valence-electron chi connectivity index (χ3n) is 3.97. The molecule has 27 heavy (non-hydrogen) atoms. The van der Waals surface area contributed by atoms with E-state index in [2.05, 4.69) is 10.6 Å². The minimum absolute atomic E-state index is 0.00460. The molecule has 0 spiro atoms. The lowest BCUT2D eigenvalue weighted by Crippen LogP contribution is -2.15. The topological polar surface area (TPSA) is 82.0 Å². The fourth-order valence-corrected chi connectivity index (χ4v) is 3.29. The van der Waals surface area contributed by atoms with Crippen molar-refractivity contribution in [1.29, 1.82) is 5.26 Å². The number of nitrogens with one attached hydrogen (secondary N) is 2. The van der Waals surface area contributed by atoms with Gasteiger partial charge in [-0.3, -0.25) is 9.59 Å². The monoisotopic (exact) mass is 381 g/mol. The largest absolute Gasteiger partial charge is 0.326 e. The van der Waals surface area contributed by atoms with Crippen LogP contribution in [0.1, 0.15) is 29.5 Å². The van der Waals surface area contributed by atoms with Crippen LogP contribution in [0.4, 0.5) is 11.4 Å². The van der Waals surface area contributed by atoms with Gasteiger partial charge in [-0.05, 0) is 61.4 Å². The van der Waals surface area contributed by atoms with E-state index >= 15 is 0 Å². The number of para-hydroxylation sites is 1. The molecule has 2 rings (SSSR count). The second-order valence-electron chi connectivity index (χ2n) is 6.21. The first-order chi connectivity index (χ1) is 13.0. The van der Waals surface area contributed by atoms with E-state index in [4.69, 9.17) is 5.26 Å². The molecule has 0 heterocycles. The van der Waals surface area contributed by atoms with Crippen molar-refractivity contribution in [3.63, 3.8) is 0 Å². The van der Waals surface area contributed by atoms with Crippen LogP contribution >= 0.6 is 11.8 Å². The first-order valence-electron chi connectivity index (χ1n) is 8.73. The Bertz CT molecular complexity index is 821. The average Bonchev–Trinajstić information content (AvgIpc) is 2.65. The van der Waals surface area contributed by atoms with Gasteiger partial charge in [0, 0.05) is 17.8 Å². The van der Waals surface area contributed by atoms with E-state index in [9.17, 15) is 9.59 Å². The predicted octanol–water partition coefficient (Wildman–Crippen LogP) is 4.27. The summed E-state index contributed by atoms with van der Waals surface area (Å²) in [6.45, 7) is 3.95. The summed E-state index contributed by atoms with van der Waals surface area (Å²) in [6.07, 6.45) is 1.14. The van der Waals surface area contributed by atoms with E-state index in [0.29, 0.717) is 29.8 Å². The number of carbonyl (C=O) groups excluding carboxylic acids is 2. The van der Waals surface area contributed by atoms with E-state index in [1.165, 1.54) is 11.8 Å². The fraction of sp³-hybridized carbons (Fsp3) is 0.286. The Morgan fingerprint density at radius 2 is 1.67 bits per heavy atom. The molecule has 2 aromatic carbocycles. The summed E-state index contributed by atoms with van der Waals surface area (Å²) < 4.78 is 0. The summed E-state index contributed by atoms with van der Waals surface area (Å²) in [5, 5.41) is 14.5. The number of nitriles is 1. The molecule has 0 bridgehead atoms. The van der Waals surface area contributed by atoms with Gasteiger partial charge in [0.15, 0.2) is 0 Å². The van der Waals surface area contributed by atoms with Gasteiger partial charge in [-0.25, -0.2) is 0 Å². The number of nitrogens with zero attached hydrogens (tertiary/aromatic N) is 1. The van der Waals surface area contributed by atoms with E-state index in [1.54, 1.807) is 24.3 Å². The van der Waals surface area contributed by atoms with Crippen molar-refractivity contribution < 1.29 is 9.59 Å². The number of rotatable bonds is 8. The van der Waals surface area contributed by atoms with Crippen LogP contribution in [0.25, 0.3) is 0 Å². The first-order valence-corrected chi connectivity index (χ1v) is 9.89. The van der Waals surface area contributed by atoms with Crippen LogP contribution < -0.4 is 10.6 Å². The molecule has 140 valence electrons. The molecule has 0 fully saturated rings. The van der Waals surface area contributed by atoms with Gasteiger partial charge in [-0.1, -0.05) is 18.2 Å². The molecular weight excluding hydrogens is 358 g/mol. The minimum Gasteiger partial charge on any atom is -0.326 e. The van der Waals surface area contributed by atoms with Gasteiger partial charge in [0.25, 0.3) is 0 Å². The van der Waals surface area contributed by atoms with Gasteiger partial charge in [0.2, 0.25) is 11.8 Å². The lowest BCUT2D eigenvalue weighted by Gasteiger charge is -2.11. The van der Waals surface area contributed by atoms with Gasteiger partial charge < -0.3 is 10.6 Å². The fourth-order valence-electron chi connectivity index (χ4n) is 2.54. The number of hydrogen-bond donors (Lipinski definition) is 2. The van der Waals surface area contributed by atoms with Crippen molar-refractivity contribution in [3.8, 4) is 6.07 Å². The Kier molecular flexibility index (Phi) is 7.90. The maximum atomic E-state index is 12.1. The van der Waals surface area contributed by atoms with Gasteiger partial charge in [-0.15, -0.1) is 0 Å². The van der Waals surface area contributed by atoms with Crippen molar-refractivity contribution in [1.82, 2.24) is 0 Å². The number of thioether (sulfide) groups is 1. The summed E-state index contributed by atoms with van der Waals surface area (Å²) >= 11 is 1.50. The molecule has 0 radical (unpaired) electrons. The third-order valence-corrected chi connectivity index (χ3v) is 5.01. The van der Waals surface area contributed by atoms with Crippen molar-refractivity contribution >= 4 is 35.0 Å². The molecular formula is C21H23N3O2S. The SMILES string of the molecule is Cc1cccc(C)c1NC(=O)CCCSCC(=O)Nc1ccc(C#N)cc1. The van der Waals surface area contributed by atoms with E-state index < -0.39 is 0 Å². The molecule has 6 heteroatoms. The summed E-state index contributed by atoms with van der Waals surface area (Å²) in [5.74, 6) is 0.971. The lowest BCUT2D eigenvalue weighted by atomic mass is 10.1. The molecule has 0 unspecified atom stereocenters. The zero-order chi connectivity index (χ0) is 19.6. The Morgan fingerprint density at radius 1 is 1.00 bits per heavy atom. The summed E-state index contributed by atoms with van der Waals surface area (Å²) in [4.78, 5) is 24.0. The number of hydrogen-bond acceptors (Lipinski definition) is 4. The lowest BCUT2D eigenvalue weighted by molar-refractivity contribution is -0.116. The van der Waals surface area contributed by atoms with Crippen molar-refractivity contribution in [2.24, 2.45) is 0 Å². The van der Waals surface area contributed by atoms with Crippen LogP contribution in [0, 0.1) is 25.2 Å². The second-order valence-corrected chi connectivity index (χ2v) is 7.31. The molecule has 0 aromatic heterocycles. The van der Waals surface area contributed by atoms with E-state index in [1.807, 2.05) is 38.1 Å². The highest BCUT2D eigenvalue weighted by Gasteiger charge is 2.08. The molecule has 5 nitrogen and oxygen atoms in total. The van der Waals surface area contributed by atoms with E-state index in [-0.39, 0.29) is 11.8 Å². The zero-order valence-electron chi connectivity index (χ0n) is 15.5. The Hall–Kier alpha value is -2.78. The summed E-state index contributed by atoms with van der Waals surface area (Å²) in [5.41, 5.74) is 4.22. The number of amides is 2. The molecule has 0 saturated heterocycles. The normalized spacial score (nSPS) is 10.1. The Balaban J connectivity index is 1.64. The van der Waals surface area contributed by atoms with Crippen LogP contribution in [-0.4, -0.2) is 23.3 Å². The number of aryl methyl sites for hydroxylation is 2. The average molecular weight is 382 g/mol. The quantitative estimate of drug-likeness (QED) is 0.669. The molecule has 0 aliphatic carbocycles. The minimum atomic E-state index is -0.0929. The van der Waals surface area contributed by atoms with Gasteiger partial charge in [-0.2, -0.15) is 17.0 Å². The van der Waals surface area contributed by atoms with Gasteiger partial charge in [0.1, 0.15) is 0 Å². The van der Waals surface area contributed by atoms with Crippen molar-refractivity contribution in [2.75, 3.05) is 22.1 Å². The highest BCUT2D eigenvalue weighted by molar-refractivity contribution is 7.99. The highest BCUT2D eigenvalue weighted by atomic mass is 32.2. The molecule has 0 aliphatic heterocycles. The van der Waals surface area contributed by atoms with Gasteiger partial charge in [0.05, 0.1) is 17.4 Å². The smallest absolute Gasteiger partial charge is 0.234 e. The van der Waals surface area contributed by atoms with Crippen molar-refractivity contribution in [3.05, 3.63) is 59.2 Å².